The molecule has 7 heteroatoms. The molecule has 2 aromatic carbocycles. The van der Waals surface area contributed by atoms with Crippen LogP contribution in [0, 0.1) is 11.6 Å². The van der Waals surface area contributed by atoms with E-state index in [1.165, 1.54) is 6.07 Å². The molecule has 0 bridgehead atoms. The summed E-state index contributed by atoms with van der Waals surface area (Å²) in [6.07, 6.45) is 0. The van der Waals surface area contributed by atoms with Crippen molar-refractivity contribution in [3.8, 4) is 11.5 Å². The summed E-state index contributed by atoms with van der Waals surface area (Å²) in [6, 6.07) is 10.6. The van der Waals surface area contributed by atoms with Gasteiger partial charge in [0.1, 0.15) is 24.8 Å². The molecule has 0 N–H and O–H groups in total. The van der Waals surface area contributed by atoms with E-state index in [1.807, 2.05) is 52.0 Å². The van der Waals surface area contributed by atoms with Gasteiger partial charge in [0.05, 0.1) is 11.2 Å². The number of hydrogen-bond donors (Lipinski definition) is 0. The van der Waals surface area contributed by atoms with Crippen LogP contribution >= 0.6 is 0 Å². The van der Waals surface area contributed by atoms with Crippen LogP contribution in [0.4, 0.5) is 8.78 Å². The zero-order valence-electron chi connectivity index (χ0n) is 15.9. The molecule has 0 spiro atoms. The molecule has 0 radical (unpaired) electrons. The van der Waals surface area contributed by atoms with E-state index in [0.29, 0.717) is 5.75 Å². The Morgan fingerprint density at radius 2 is 1.44 bits per heavy atom. The highest BCUT2D eigenvalue weighted by molar-refractivity contribution is 6.62. The molecular formula is C20H23BF2O4. The molecule has 0 atom stereocenters. The molecule has 27 heavy (non-hydrogen) atoms. The van der Waals surface area contributed by atoms with Crippen LogP contribution in [0.2, 0.25) is 0 Å². The summed E-state index contributed by atoms with van der Waals surface area (Å²) in [5.41, 5.74) is 0.130. The van der Waals surface area contributed by atoms with Crippen molar-refractivity contribution >= 4 is 12.6 Å². The zero-order chi connectivity index (χ0) is 19.7. The van der Waals surface area contributed by atoms with Gasteiger partial charge in [-0.15, -0.1) is 0 Å². The minimum atomic E-state index is -0.734. The van der Waals surface area contributed by atoms with Gasteiger partial charge in [0.2, 0.25) is 0 Å². The van der Waals surface area contributed by atoms with Gasteiger partial charge in [-0.25, -0.2) is 8.78 Å². The van der Waals surface area contributed by atoms with Crippen LogP contribution in [0.15, 0.2) is 42.5 Å². The van der Waals surface area contributed by atoms with Crippen LogP contribution in [0.1, 0.15) is 27.7 Å². The van der Waals surface area contributed by atoms with Crippen molar-refractivity contribution in [1.82, 2.24) is 0 Å². The van der Waals surface area contributed by atoms with Gasteiger partial charge in [-0.05, 0) is 57.4 Å². The molecule has 0 aliphatic carbocycles. The van der Waals surface area contributed by atoms with Crippen LogP contribution in [0.5, 0.6) is 11.5 Å². The third-order valence-electron chi connectivity index (χ3n) is 4.91. The maximum Gasteiger partial charge on any atom is 0.494 e. The van der Waals surface area contributed by atoms with E-state index in [2.05, 4.69) is 0 Å². The number of benzene rings is 2. The second-order valence-electron chi connectivity index (χ2n) is 7.43. The lowest BCUT2D eigenvalue weighted by molar-refractivity contribution is 0.00578. The predicted molar refractivity (Wildman–Crippen MR) is 99.5 cm³/mol. The summed E-state index contributed by atoms with van der Waals surface area (Å²) in [6.45, 7) is 8.40. The Morgan fingerprint density at radius 1 is 0.852 bits per heavy atom. The van der Waals surface area contributed by atoms with Crippen LogP contribution in [0.3, 0.4) is 0 Å². The smallest absolute Gasteiger partial charge is 0.490 e. The van der Waals surface area contributed by atoms with Crippen LogP contribution in [-0.2, 0) is 9.31 Å². The maximum atomic E-state index is 13.5. The van der Waals surface area contributed by atoms with Crippen molar-refractivity contribution in [3.63, 3.8) is 0 Å². The number of ether oxygens (including phenoxy) is 2. The largest absolute Gasteiger partial charge is 0.494 e. The summed E-state index contributed by atoms with van der Waals surface area (Å²) in [5, 5.41) is 0. The normalized spacial score (nSPS) is 17.8. The SMILES string of the molecule is CC1(C)OB(c2ccc(OCCOc3ccc(F)cc3F)cc2)OC1(C)C. The van der Waals surface area contributed by atoms with E-state index in [4.69, 9.17) is 18.8 Å². The molecule has 1 fully saturated rings. The topological polar surface area (TPSA) is 36.9 Å². The van der Waals surface area contributed by atoms with Crippen molar-refractivity contribution in [2.75, 3.05) is 13.2 Å². The molecule has 0 unspecified atom stereocenters. The van der Waals surface area contributed by atoms with Gasteiger partial charge in [-0.3, -0.25) is 0 Å². The maximum absolute atomic E-state index is 13.5. The summed E-state index contributed by atoms with van der Waals surface area (Å²) >= 11 is 0. The summed E-state index contributed by atoms with van der Waals surface area (Å²) in [7, 11) is -0.422. The molecule has 3 rings (SSSR count). The monoisotopic (exact) mass is 376 g/mol. The molecule has 144 valence electrons. The van der Waals surface area contributed by atoms with E-state index in [-0.39, 0.29) is 30.2 Å². The molecule has 0 amide bonds. The van der Waals surface area contributed by atoms with Gasteiger partial charge in [0, 0.05) is 6.07 Å². The average molecular weight is 376 g/mol. The van der Waals surface area contributed by atoms with Crippen LogP contribution in [-0.4, -0.2) is 31.5 Å². The van der Waals surface area contributed by atoms with E-state index >= 15 is 0 Å². The summed E-state index contributed by atoms with van der Waals surface area (Å²) < 4.78 is 49.2. The number of hydrogen-bond acceptors (Lipinski definition) is 4. The fourth-order valence-corrected chi connectivity index (χ4v) is 2.60. The fraction of sp³-hybridized carbons (Fsp3) is 0.400. The van der Waals surface area contributed by atoms with Crippen molar-refractivity contribution < 1.29 is 27.6 Å². The third-order valence-corrected chi connectivity index (χ3v) is 4.91. The summed E-state index contributed by atoms with van der Waals surface area (Å²) in [5.74, 6) is -0.727. The highest BCUT2D eigenvalue weighted by atomic mass is 19.1. The third kappa shape index (κ3) is 4.42. The Kier molecular flexibility index (Phi) is 5.44. The molecule has 1 aliphatic heterocycles. The van der Waals surface area contributed by atoms with Gasteiger partial charge in [-0.2, -0.15) is 0 Å². The first kappa shape index (κ1) is 19.6. The molecule has 1 aliphatic rings. The van der Waals surface area contributed by atoms with Crippen LogP contribution < -0.4 is 14.9 Å². The lowest BCUT2D eigenvalue weighted by Crippen LogP contribution is -2.41. The Morgan fingerprint density at radius 3 is 2.04 bits per heavy atom. The van der Waals surface area contributed by atoms with E-state index < -0.39 is 18.8 Å². The Balaban J connectivity index is 1.50. The fourth-order valence-electron chi connectivity index (χ4n) is 2.60. The second-order valence-corrected chi connectivity index (χ2v) is 7.43. The Hall–Kier alpha value is -2.12. The quantitative estimate of drug-likeness (QED) is 0.569. The van der Waals surface area contributed by atoms with Crippen molar-refractivity contribution in [3.05, 3.63) is 54.1 Å². The number of halogens is 2. The molecule has 1 saturated heterocycles. The molecule has 4 nitrogen and oxygen atoms in total. The second kappa shape index (κ2) is 7.48. The highest BCUT2D eigenvalue weighted by Crippen LogP contribution is 2.36. The van der Waals surface area contributed by atoms with Crippen molar-refractivity contribution in [2.45, 2.75) is 38.9 Å². The Labute approximate surface area is 158 Å². The zero-order valence-corrected chi connectivity index (χ0v) is 15.9. The van der Waals surface area contributed by atoms with Crippen molar-refractivity contribution in [2.24, 2.45) is 0 Å². The first-order chi connectivity index (χ1) is 12.7. The predicted octanol–water partition coefficient (Wildman–Crippen LogP) is 3.72. The van der Waals surface area contributed by atoms with Gasteiger partial charge in [0.15, 0.2) is 11.6 Å². The van der Waals surface area contributed by atoms with Gasteiger partial charge in [0.25, 0.3) is 0 Å². The lowest BCUT2D eigenvalue weighted by Gasteiger charge is -2.32. The molecule has 0 aromatic heterocycles. The Bertz CT molecular complexity index is 777. The van der Waals surface area contributed by atoms with Gasteiger partial charge in [-0.1, -0.05) is 12.1 Å². The van der Waals surface area contributed by atoms with E-state index in [1.54, 1.807) is 0 Å². The molecular weight excluding hydrogens is 353 g/mol. The minimum absolute atomic E-state index is 0.00360. The standard InChI is InChI=1S/C20H23BF2O4/c1-19(2)20(3,4)27-21(26-19)14-5-8-16(9-6-14)24-11-12-25-18-10-7-15(22)13-17(18)23/h5-10,13H,11-12H2,1-4H3. The lowest BCUT2D eigenvalue weighted by atomic mass is 9.79. The van der Waals surface area contributed by atoms with Crippen LogP contribution in [0.25, 0.3) is 0 Å². The molecule has 1 heterocycles. The average Bonchev–Trinajstić information content (AvgIpc) is 2.81. The van der Waals surface area contributed by atoms with Gasteiger partial charge < -0.3 is 18.8 Å². The number of rotatable bonds is 6. The van der Waals surface area contributed by atoms with E-state index in [0.717, 1.165) is 17.6 Å². The van der Waals surface area contributed by atoms with E-state index in [9.17, 15) is 8.78 Å². The molecule has 0 saturated carbocycles. The first-order valence-corrected chi connectivity index (χ1v) is 8.84. The van der Waals surface area contributed by atoms with Gasteiger partial charge >= 0.3 is 7.12 Å². The minimum Gasteiger partial charge on any atom is -0.490 e. The van der Waals surface area contributed by atoms with Crippen molar-refractivity contribution in [1.29, 1.82) is 0 Å². The molecule has 2 aromatic rings. The highest BCUT2D eigenvalue weighted by Gasteiger charge is 2.51. The summed E-state index contributed by atoms with van der Waals surface area (Å²) in [4.78, 5) is 0. The first-order valence-electron chi connectivity index (χ1n) is 8.84.